The van der Waals surface area contributed by atoms with Crippen LogP contribution in [-0.4, -0.2) is 11.3 Å². The molecule has 2 heteroatoms. The Bertz CT molecular complexity index is 3000. The summed E-state index contributed by atoms with van der Waals surface area (Å²) in [4.78, 5) is 0. The second-order valence-corrected chi connectivity index (χ2v) is 17.7. The van der Waals surface area contributed by atoms with Gasteiger partial charge in [0.1, 0.15) is 0 Å². The molecule has 0 amide bonds. The molecule has 0 saturated carbocycles. The van der Waals surface area contributed by atoms with Crippen molar-refractivity contribution in [2.24, 2.45) is 0 Å². The highest BCUT2D eigenvalue weighted by Gasteiger charge is 2.43. The molecule has 0 saturated heterocycles. The van der Waals surface area contributed by atoms with Gasteiger partial charge in [0, 0.05) is 33.3 Å². The van der Waals surface area contributed by atoms with Crippen LogP contribution in [0.2, 0.25) is 0 Å². The van der Waals surface area contributed by atoms with Gasteiger partial charge in [0.15, 0.2) is 0 Å². The van der Waals surface area contributed by atoms with E-state index in [-0.39, 0.29) is 23.6 Å². The molecule has 1 atom stereocenters. The van der Waals surface area contributed by atoms with Gasteiger partial charge in [-0.15, -0.1) is 0 Å². The monoisotopic (exact) mass is 679 g/mol. The van der Waals surface area contributed by atoms with E-state index in [0.29, 0.717) is 0 Å². The van der Waals surface area contributed by atoms with Gasteiger partial charge in [-0.2, -0.15) is 0 Å². The van der Waals surface area contributed by atoms with Crippen LogP contribution >= 0.6 is 0 Å². The molecule has 254 valence electrons. The summed E-state index contributed by atoms with van der Waals surface area (Å²) in [6.07, 6.45) is 0. The molecule has 0 fully saturated rings. The summed E-state index contributed by atoms with van der Waals surface area (Å²) in [5, 5.41) is 10.6. The highest BCUT2D eigenvalue weighted by Crippen LogP contribution is 2.46. The SMILES string of the molecule is CC(C)(C)c1cc(C2c3cc4c5ccccc5c5ccccc5c4cc3B3c4c(cccc42)-c2cccc4c5ccccc5n3c24)cc(C(C)(C)C)c1. The fourth-order valence-electron chi connectivity index (χ4n) is 10.0. The molecule has 1 aromatic heterocycles. The lowest BCUT2D eigenvalue weighted by atomic mass is 9.41. The lowest BCUT2D eigenvalue weighted by molar-refractivity contribution is 0.566. The minimum absolute atomic E-state index is 0.0132. The summed E-state index contributed by atoms with van der Waals surface area (Å²) in [5.41, 5.74) is 15.3. The van der Waals surface area contributed by atoms with Crippen molar-refractivity contribution in [3.8, 4) is 11.1 Å². The summed E-state index contributed by atoms with van der Waals surface area (Å²) in [6.45, 7) is 14.2. The number of benzene rings is 8. The Labute approximate surface area is 312 Å². The van der Waals surface area contributed by atoms with Gasteiger partial charge in [-0.05, 0) is 99.6 Å². The van der Waals surface area contributed by atoms with E-state index < -0.39 is 0 Å². The Morgan fingerprint density at radius 3 is 1.62 bits per heavy atom. The van der Waals surface area contributed by atoms with E-state index in [9.17, 15) is 0 Å². The van der Waals surface area contributed by atoms with Gasteiger partial charge >= 0.3 is 6.85 Å². The van der Waals surface area contributed by atoms with Crippen molar-refractivity contribution in [3.05, 3.63) is 167 Å². The third-order valence-electron chi connectivity index (χ3n) is 12.6. The van der Waals surface area contributed by atoms with E-state index in [1.165, 1.54) is 104 Å². The lowest BCUT2D eigenvalue weighted by Gasteiger charge is -2.39. The number of para-hydroxylation sites is 2. The van der Waals surface area contributed by atoms with Gasteiger partial charge in [0.05, 0.1) is 0 Å². The molecule has 53 heavy (non-hydrogen) atoms. The maximum atomic E-state index is 2.70. The molecule has 3 heterocycles. The fraction of sp³-hybridized carbons (Fsp3) is 0.176. The Morgan fingerprint density at radius 2 is 0.981 bits per heavy atom. The molecule has 0 aliphatic carbocycles. The van der Waals surface area contributed by atoms with E-state index in [4.69, 9.17) is 0 Å². The number of hydrogen-bond acceptors (Lipinski definition) is 0. The van der Waals surface area contributed by atoms with Gasteiger partial charge in [0.2, 0.25) is 0 Å². The standard InChI is InChI=1S/C51H42BN/c1-50(2,3)31-25-30(26-32(27-31)51(4,5)6)47-41-23-13-20-38-40-22-14-21-39-37-19-11-12-24-46(37)53(49(39)40)52(48(38)41)45-29-43-36-18-10-8-16-34(36)33-15-7-9-17-35(33)42(43)28-44(45)47/h7-29,47H,1-6H3. The highest BCUT2D eigenvalue weighted by atomic mass is 14.9. The average molecular weight is 680 g/mol. The van der Waals surface area contributed by atoms with Gasteiger partial charge in [-0.1, -0.05) is 169 Å². The first-order valence-electron chi connectivity index (χ1n) is 19.3. The lowest BCUT2D eigenvalue weighted by Crippen LogP contribution is -2.57. The van der Waals surface area contributed by atoms with E-state index >= 15 is 0 Å². The van der Waals surface area contributed by atoms with Crippen molar-refractivity contribution in [3.63, 3.8) is 0 Å². The van der Waals surface area contributed by atoms with Gasteiger partial charge in [-0.3, -0.25) is 0 Å². The van der Waals surface area contributed by atoms with Crippen molar-refractivity contribution < 1.29 is 0 Å². The molecule has 0 radical (unpaired) electrons. The van der Waals surface area contributed by atoms with E-state index in [0.717, 1.165) is 0 Å². The molecule has 1 nitrogen and oxygen atoms in total. The summed E-state index contributed by atoms with van der Waals surface area (Å²) in [7, 11) is 0. The molecule has 8 aromatic carbocycles. The van der Waals surface area contributed by atoms with Crippen LogP contribution in [0.4, 0.5) is 0 Å². The molecule has 0 spiro atoms. The number of fused-ring (bicyclic) bond motifs is 13. The Kier molecular flexibility index (Phi) is 6.14. The summed E-state index contributed by atoms with van der Waals surface area (Å²) in [5.74, 6) is 0.0804. The van der Waals surface area contributed by atoms with Crippen LogP contribution in [0.3, 0.4) is 0 Å². The van der Waals surface area contributed by atoms with Crippen LogP contribution in [0.5, 0.6) is 0 Å². The molecule has 0 N–H and O–H groups in total. The second kappa shape index (κ2) is 10.5. The van der Waals surface area contributed by atoms with E-state index in [2.05, 4.69) is 186 Å². The zero-order valence-corrected chi connectivity index (χ0v) is 31.4. The minimum atomic E-state index is 0.0132. The average Bonchev–Trinajstić information content (AvgIpc) is 3.50. The van der Waals surface area contributed by atoms with Crippen LogP contribution in [0, 0.1) is 0 Å². The van der Waals surface area contributed by atoms with E-state index in [1.807, 2.05) is 0 Å². The summed E-state index contributed by atoms with van der Waals surface area (Å²) >= 11 is 0. The van der Waals surface area contributed by atoms with Crippen molar-refractivity contribution >= 4 is 71.9 Å². The molecule has 9 aromatic rings. The van der Waals surface area contributed by atoms with Crippen LogP contribution in [0.25, 0.3) is 65.3 Å². The number of rotatable bonds is 1. The van der Waals surface area contributed by atoms with Crippen LogP contribution in [0.15, 0.2) is 140 Å². The zero-order valence-electron chi connectivity index (χ0n) is 31.4. The van der Waals surface area contributed by atoms with Crippen molar-refractivity contribution in [2.45, 2.75) is 58.3 Å². The molecular weight excluding hydrogens is 637 g/mol. The van der Waals surface area contributed by atoms with Crippen molar-refractivity contribution in [1.82, 2.24) is 4.48 Å². The normalized spacial score (nSPS) is 15.1. The van der Waals surface area contributed by atoms with Gasteiger partial charge in [-0.25, -0.2) is 0 Å². The largest absolute Gasteiger partial charge is 0.375 e. The predicted octanol–water partition coefficient (Wildman–Crippen LogP) is 12.0. The number of nitrogens with zero attached hydrogens (tertiary/aromatic N) is 1. The van der Waals surface area contributed by atoms with Gasteiger partial charge < -0.3 is 4.48 Å². The summed E-state index contributed by atoms with van der Waals surface area (Å²) < 4.78 is 2.70. The van der Waals surface area contributed by atoms with Crippen molar-refractivity contribution in [2.75, 3.05) is 0 Å². The minimum Gasteiger partial charge on any atom is -0.375 e. The molecule has 11 rings (SSSR count). The Balaban J connectivity index is 1.35. The number of aromatic nitrogens is 1. The van der Waals surface area contributed by atoms with Crippen LogP contribution < -0.4 is 10.9 Å². The first-order valence-corrected chi connectivity index (χ1v) is 19.3. The second-order valence-electron chi connectivity index (χ2n) is 17.7. The highest BCUT2D eigenvalue weighted by molar-refractivity contribution is 6.88. The zero-order chi connectivity index (χ0) is 36.0. The first kappa shape index (κ1) is 31.0. The maximum absolute atomic E-state index is 2.70. The maximum Gasteiger partial charge on any atom is 0.329 e. The third kappa shape index (κ3) is 4.21. The third-order valence-corrected chi connectivity index (χ3v) is 12.6. The number of hydrogen-bond donors (Lipinski definition) is 0. The Hall–Kier alpha value is -5.60. The fourth-order valence-corrected chi connectivity index (χ4v) is 10.0. The van der Waals surface area contributed by atoms with Crippen molar-refractivity contribution in [1.29, 1.82) is 0 Å². The molecule has 1 unspecified atom stereocenters. The molecule has 2 aliphatic heterocycles. The summed E-state index contributed by atoms with van der Waals surface area (Å²) in [6, 6.07) is 53.9. The molecule has 2 aliphatic rings. The smallest absolute Gasteiger partial charge is 0.329 e. The topological polar surface area (TPSA) is 4.93 Å². The molecular formula is C51H42BN. The quantitative estimate of drug-likeness (QED) is 0.120. The van der Waals surface area contributed by atoms with Crippen LogP contribution in [-0.2, 0) is 10.8 Å². The van der Waals surface area contributed by atoms with Crippen LogP contribution in [0.1, 0.15) is 75.3 Å². The first-order chi connectivity index (χ1) is 25.6. The van der Waals surface area contributed by atoms with Gasteiger partial charge in [0.25, 0.3) is 0 Å². The molecule has 0 bridgehead atoms. The predicted molar refractivity (Wildman–Crippen MR) is 229 cm³/mol. The Morgan fingerprint density at radius 1 is 0.453 bits per heavy atom. The van der Waals surface area contributed by atoms with E-state index in [1.54, 1.807) is 0 Å².